The second kappa shape index (κ2) is 6.01. The zero-order valence-corrected chi connectivity index (χ0v) is 13.2. The van der Waals surface area contributed by atoms with Crippen LogP contribution in [0, 0.1) is 5.92 Å². The van der Waals surface area contributed by atoms with Gasteiger partial charge in [0.2, 0.25) is 5.91 Å². The molecule has 0 saturated carbocycles. The van der Waals surface area contributed by atoms with Crippen LogP contribution >= 0.6 is 11.8 Å². The molecule has 1 amide bonds. The number of hydrogen-bond acceptors (Lipinski definition) is 4. The Balaban J connectivity index is 1.90. The molecule has 1 fully saturated rings. The Morgan fingerprint density at radius 2 is 2.00 bits per heavy atom. The summed E-state index contributed by atoms with van der Waals surface area (Å²) >= 11 is 1.30. The summed E-state index contributed by atoms with van der Waals surface area (Å²) < 4.78 is 0. The van der Waals surface area contributed by atoms with Crippen LogP contribution in [0.3, 0.4) is 0 Å². The lowest BCUT2D eigenvalue weighted by Gasteiger charge is -2.19. The lowest BCUT2D eigenvalue weighted by molar-refractivity contribution is -0.117. The maximum Gasteiger partial charge on any atom is 0.227 e. The molecule has 0 aliphatic carbocycles. The highest BCUT2D eigenvalue weighted by Gasteiger charge is 2.31. The second-order valence-corrected chi connectivity index (χ2v) is 6.79. The fourth-order valence-corrected chi connectivity index (χ4v) is 3.61. The van der Waals surface area contributed by atoms with Crippen molar-refractivity contribution >= 4 is 44.9 Å². The standard InChI is InChI=1S/C17H18N2O2S/c1-11(20)22-10-12-8-17(21)19(9-12)16-7-3-4-13-14(16)5-2-6-15(13)18/h2-7,12H,8-10,18H2,1H3. The maximum absolute atomic E-state index is 12.4. The number of fused-ring (bicyclic) bond motifs is 1. The van der Waals surface area contributed by atoms with E-state index < -0.39 is 0 Å². The normalized spacial score (nSPS) is 18.1. The SMILES string of the molecule is CC(=O)SCC1CC(=O)N(c2cccc3c(N)cccc23)C1. The van der Waals surface area contributed by atoms with Crippen LogP contribution in [0.1, 0.15) is 13.3 Å². The summed E-state index contributed by atoms with van der Waals surface area (Å²) in [5, 5.41) is 2.06. The van der Waals surface area contributed by atoms with Gasteiger partial charge in [0.25, 0.3) is 0 Å². The molecule has 1 saturated heterocycles. The summed E-state index contributed by atoms with van der Waals surface area (Å²) in [6, 6.07) is 11.6. The van der Waals surface area contributed by atoms with Crippen LogP contribution in [0.25, 0.3) is 10.8 Å². The Morgan fingerprint density at radius 1 is 1.27 bits per heavy atom. The molecule has 0 bridgehead atoms. The molecule has 2 aromatic rings. The van der Waals surface area contributed by atoms with Gasteiger partial charge in [-0.15, -0.1) is 0 Å². The Bertz CT molecular complexity index is 745. The molecule has 114 valence electrons. The largest absolute Gasteiger partial charge is 0.398 e. The molecule has 1 heterocycles. The third kappa shape index (κ3) is 2.81. The molecule has 0 radical (unpaired) electrons. The van der Waals surface area contributed by atoms with Gasteiger partial charge in [0.05, 0.1) is 5.69 Å². The van der Waals surface area contributed by atoms with Crippen molar-refractivity contribution in [2.24, 2.45) is 5.92 Å². The lowest BCUT2D eigenvalue weighted by Crippen LogP contribution is -2.25. The first-order valence-electron chi connectivity index (χ1n) is 7.27. The van der Waals surface area contributed by atoms with Crippen LogP contribution in [0.2, 0.25) is 0 Å². The van der Waals surface area contributed by atoms with Crippen molar-refractivity contribution in [3.8, 4) is 0 Å². The highest BCUT2D eigenvalue weighted by molar-refractivity contribution is 8.13. The van der Waals surface area contributed by atoms with Crippen molar-refractivity contribution in [2.45, 2.75) is 13.3 Å². The zero-order chi connectivity index (χ0) is 15.7. The molecule has 1 unspecified atom stereocenters. The predicted molar refractivity (Wildman–Crippen MR) is 92.0 cm³/mol. The summed E-state index contributed by atoms with van der Waals surface area (Å²) in [6.45, 7) is 2.22. The third-order valence-corrected chi connectivity index (χ3v) is 5.00. The number of hydrogen-bond donors (Lipinski definition) is 1. The van der Waals surface area contributed by atoms with E-state index in [1.165, 1.54) is 11.8 Å². The van der Waals surface area contributed by atoms with E-state index in [2.05, 4.69) is 0 Å². The number of carbonyl (C=O) groups excluding carboxylic acids is 2. The fourth-order valence-electron chi connectivity index (χ4n) is 2.91. The highest BCUT2D eigenvalue weighted by atomic mass is 32.2. The Kier molecular flexibility index (Phi) is 4.07. The summed E-state index contributed by atoms with van der Waals surface area (Å²) in [5.74, 6) is 1.03. The number of nitrogen functional groups attached to an aromatic ring is 1. The summed E-state index contributed by atoms with van der Waals surface area (Å²) in [4.78, 5) is 25.3. The first-order valence-corrected chi connectivity index (χ1v) is 8.26. The maximum atomic E-state index is 12.4. The van der Waals surface area contributed by atoms with Gasteiger partial charge in [-0.1, -0.05) is 36.0 Å². The van der Waals surface area contributed by atoms with Gasteiger partial charge in [-0.3, -0.25) is 9.59 Å². The molecule has 3 rings (SSSR count). The van der Waals surface area contributed by atoms with Gasteiger partial charge in [-0.2, -0.15) is 0 Å². The van der Waals surface area contributed by atoms with Crippen molar-refractivity contribution in [1.29, 1.82) is 0 Å². The average molecular weight is 314 g/mol. The summed E-state index contributed by atoms with van der Waals surface area (Å²) in [6.07, 6.45) is 0.499. The quantitative estimate of drug-likeness (QED) is 0.884. The van der Waals surface area contributed by atoms with E-state index >= 15 is 0 Å². The minimum Gasteiger partial charge on any atom is -0.398 e. The van der Waals surface area contributed by atoms with Crippen LogP contribution in [0.5, 0.6) is 0 Å². The van der Waals surface area contributed by atoms with Gasteiger partial charge < -0.3 is 10.6 Å². The van der Waals surface area contributed by atoms with Gasteiger partial charge in [0, 0.05) is 42.1 Å². The zero-order valence-electron chi connectivity index (χ0n) is 12.4. The Hall–Kier alpha value is -2.01. The number of rotatable bonds is 3. The minimum absolute atomic E-state index is 0.101. The smallest absolute Gasteiger partial charge is 0.227 e. The summed E-state index contributed by atoms with van der Waals surface area (Å²) in [7, 11) is 0. The van der Waals surface area contributed by atoms with Gasteiger partial charge in [0.1, 0.15) is 0 Å². The van der Waals surface area contributed by atoms with Crippen LogP contribution in [0.15, 0.2) is 36.4 Å². The number of nitrogens with zero attached hydrogens (tertiary/aromatic N) is 1. The molecule has 1 aliphatic rings. The van der Waals surface area contributed by atoms with Gasteiger partial charge in [-0.25, -0.2) is 0 Å². The Labute approximate surface area is 133 Å². The van der Waals surface area contributed by atoms with E-state index in [0.717, 1.165) is 22.1 Å². The molecule has 1 atom stereocenters. The molecule has 5 heteroatoms. The number of anilines is 2. The van der Waals surface area contributed by atoms with Crippen molar-refractivity contribution < 1.29 is 9.59 Å². The van der Waals surface area contributed by atoms with E-state index in [-0.39, 0.29) is 16.9 Å². The molecule has 2 aromatic carbocycles. The molecule has 22 heavy (non-hydrogen) atoms. The first kappa shape index (κ1) is 14.9. The van der Waals surface area contributed by atoms with Crippen molar-refractivity contribution in [1.82, 2.24) is 0 Å². The lowest BCUT2D eigenvalue weighted by atomic mass is 10.1. The number of thioether (sulfide) groups is 1. The molecule has 0 aromatic heterocycles. The molecular formula is C17H18N2O2S. The second-order valence-electron chi connectivity index (χ2n) is 5.60. The molecule has 0 spiro atoms. The van der Waals surface area contributed by atoms with Crippen molar-refractivity contribution in [3.05, 3.63) is 36.4 Å². The number of nitrogens with two attached hydrogens (primary N) is 1. The number of benzene rings is 2. The van der Waals surface area contributed by atoms with E-state index in [0.29, 0.717) is 18.7 Å². The minimum atomic E-state index is 0.101. The number of carbonyl (C=O) groups is 2. The van der Waals surface area contributed by atoms with E-state index in [4.69, 9.17) is 5.73 Å². The van der Waals surface area contributed by atoms with E-state index in [1.807, 2.05) is 41.3 Å². The van der Waals surface area contributed by atoms with Crippen molar-refractivity contribution in [2.75, 3.05) is 22.9 Å². The topological polar surface area (TPSA) is 63.4 Å². The summed E-state index contributed by atoms with van der Waals surface area (Å²) in [5.41, 5.74) is 7.65. The average Bonchev–Trinajstić information content (AvgIpc) is 2.86. The van der Waals surface area contributed by atoms with E-state index in [1.54, 1.807) is 6.92 Å². The molecular weight excluding hydrogens is 296 g/mol. The Morgan fingerprint density at radius 3 is 2.77 bits per heavy atom. The van der Waals surface area contributed by atoms with Gasteiger partial charge in [-0.05, 0) is 18.1 Å². The van der Waals surface area contributed by atoms with E-state index in [9.17, 15) is 9.59 Å². The number of amides is 1. The highest BCUT2D eigenvalue weighted by Crippen LogP contribution is 2.34. The fraction of sp³-hybridized carbons (Fsp3) is 0.294. The first-order chi connectivity index (χ1) is 10.6. The van der Waals surface area contributed by atoms with Crippen LogP contribution < -0.4 is 10.6 Å². The van der Waals surface area contributed by atoms with Crippen molar-refractivity contribution in [3.63, 3.8) is 0 Å². The molecule has 2 N–H and O–H groups in total. The van der Waals surface area contributed by atoms with Gasteiger partial charge in [0.15, 0.2) is 5.12 Å². The third-order valence-electron chi connectivity index (χ3n) is 3.95. The predicted octanol–water partition coefficient (Wildman–Crippen LogP) is 3.05. The van der Waals surface area contributed by atoms with Crippen LogP contribution in [-0.2, 0) is 9.59 Å². The monoisotopic (exact) mass is 314 g/mol. The van der Waals surface area contributed by atoms with Crippen LogP contribution in [-0.4, -0.2) is 23.3 Å². The van der Waals surface area contributed by atoms with Gasteiger partial charge >= 0.3 is 0 Å². The van der Waals surface area contributed by atoms with Crippen LogP contribution in [0.4, 0.5) is 11.4 Å². The molecule has 1 aliphatic heterocycles. The molecule has 4 nitrogen and oxygen atoms in total.